The molecule has 1 fully saturated rings. The van der Waals surface area contributed by atoms with Gasteiger partial charge < -0.3 is 13.9 Å². The molecule has 0 saturated carbocycles. The first-order valence-electron chi connectivity index (χ1n) is 7.18. The van der Waals surface area contributed by atoms with Crippen LogP contribution in [0.25, 0.3) is 5.52 Å². The van der Waals surface area contributed by atoms with Crippen molar-refractivity contribution >= 4 is 11.3 Å². The summed E-state index contributed by atoms with van der Waals surface area (Å²) in [6, 6.07) is 0. The smallest absolute Gasteiger partial charge is 0.154 e. The maximum atomic E-state index is 4.56. The molecule has 1 unspecified atom stereocenters. The van der Waals surface area contributed by atoms with E-state index in [1.165, 1.54) is 0 Å². The maximum Gasteiger partial charge on any atom is 0.154 e. The van der Waals surface area contributed by atoms with E-state index in [0.717, 1.165) is 43.1 Å². The van der Waals surface area contributed by atoms with E-state index >= 15 is 0 Å². The van der Waals surface area contributed by atoms with Crippen molar-refractivity contribution in [2.75, 3.05) is 18.0 Å². The number of hydrogen-bond acceptors (Lipinski definition) is 5. The highest BCUT2D eigenvalue weighted by atomic mass is 15.3. The van der Waals surface area contributed by atoms with Crippen LogP contribution < -0.4 is 4.90 Å². The molecule has 1 atom stereocenters. The quantitative estimate of drug-likeness (QED) is 0.708. The van der Waals surface area contributed by atoms with Gasteiger partial charge in [-0.05, 0) is 12.8 Å². The van der Waals surface area contributed by atoms with Crippen molar-refractivity contribution in [2.45, 2.75) is 18.8 Å². The first-order valence-corrected chi connectivity index (χ1v) is 7.18. The fraction of sp³-hybridized carbons (Fsp3) is 0.429. The van der Waals surface area contributed by atoms with Crippen LogP contribution in [0.2, 0.25) is 0 Å². The highest BCUT2D eigenvalue weighted by Crippen LogP contribution is 2.29. The molecule has 0 bridgehead atoms. The Labute approximate surface area is 122 Å². The highest BCUT2D eigenvalue weighted by molar-refractivity contribution is 5.68. The maximum absolute atomic E-state index is 4.56. The van der Waals surface area contributed by atoms with Crippen LogP contribution in [-0.4, -0.2) is 42.2 Å². The zero-order valence-electron chi connectivity index (χ0n) is 11.9. The van der Waals surface area contributed by atoms with Gasteiger partial charge in [-0.3, -0.25) is 0 Å². The van der Waals surface area contributed by atoms with Gasteiger partial charge in [0.25, 0.3) is 0 Å². The minimum atomic E-state index is 0.399. The Bertz CT molecular complexity index is 759. The van der Waals surface area contributed by atoms with Crippen molar-refractivity contribution in [3.05, 3.63) is 37.1 Å². The van der Waals surface area contributed by atoms with E-state index in [0.29, 0.717) is 5.92 Å². The third-order valence-corrected chi connectivity index (χ3v) is 4.15. The molecule has 0 aromatic carbocycles. The highest BCUT2D eigenvalue weighted by Gasteiger charge is 2.26. The summed E-state index contributed by atoms with van der Waals surface area (Å²) < 4.78 is 4.02. The average Bonchev–Trinajstić information content (AvgIpc) is 3.15. The molecule has 0 spiro atoms. The summed E-state index contributed by atoms with van der Waals surface area (Å²) in [5.41, 5.74) is 1.05. The van der Waals surface area contributed by atoms with Crippen LogP contribution in [0, 0.1) is 0 Å². The topological polar surface area (TPSA) is 64.1 Å². The molecule has 21 heavy (non-hydrogen) atoms. The summed E-state index contributed by atoms with van der Waals surface area (Å²) in [4.78, 5) is 11.1. The third kappa shape index (κ3) is 2.05. The molecule has 108 valence electrons. The van der Waals surface area contributed by atoms with Gasteiger partial charge in [-0.1, -0.05) is 0 Å². The van der Waals surface area contributed by atoms with Crippen LogP contribution in [0.4, 0.5) is 5.82 Å². The summed E-state index contributed by atoms with van der Waals surface area (Å²) in [7, 11) is 2.00. The molecule has 3 aromatic heterocycles. The Hall–Kier alpha value is -2.44. The van der Waals surface area contributed by atoms with Gasteiger partial charge in [0.05, 0.1) is 12.5 Å². The first-order chi connectivity index (χ1) is 10.3. The molecule has 4 heterocycles. The zero-order chi connectivity index (χ0) is 14.2. The molecule has 7 heteroatoms. The Morgan fingerprint density at radius 1 is 1.29 bits per heavy atom. The standard InChI is InChI=1S/C14H17N7/c1-19-10-17-18-13(19)11-3-2-5-20(8-11)14-12-7-15-9-21(12)6-4-16-14/h4,6-7,9-11H,2-3,5,8H2,1H3. The predicted molar refractivity (Wildman–Crippen MR) is 78.2 cm³/mol. The summed E-state index contributed by atoms with van der Waals surface area (Å²) in [5, 5.41) is 8.27. The molecule has 0 aliphatic carbocycles. The molecule has 0 amide bonds. The van der Waals surface area contributed by atoms with Gasteiger partial charge in [0.1, 0.15) is 17.7 Å². The molecule has 1 aliphatic rings. The molecule has 1 aliphatic heterocycles. The summed E-state index contributed by atoms with van der Waals surface area (Å²) in [5.74, 6) is 2.46. The second kappa shape index (κ2) is 4.83. The predicted octanol–water partition coefficient (Wildman–Crippen LogP) is 1.24. The van der Waals surface area contributed by atoms with Crippen molar-refractivity contribution in [3.63, 3.8) is 0 Å². The second-order valence-corrected chi connectivity index (χ2v) is 5.52. The van der Waals surface area contributed by atoms with Crippen molar-refractivity contribution in [1.82, 2.24) is 29.1 Å². The van der Waals surface area contributed by atoms with Gasteiger partial charge in [0.2, 0.25) is 0 Å². The van der Waals surface area contributed by atoms with Crippen LogP contribution in [0.15, 0.2) is 31.2 Å². The van der Waals surface area contributed by atoms with Gasteiger partial charge in [-0.15, -0.1) is 10.2 Å². The SMILES string of the molecule is Cn1cnnc1C1CCCN(c2nccn3cncc23)C1. The number of anilines is 1. The van der Waals surface area contributed by atoms with Crippen LogP contribution in [-0.2, 0) is 7.05 Å². The average molecular weight is 283 g/mol. The number of aromatic nitrogens is 6. The van der Waals surface area contributed by atoms with Crippen LogP contribution in [0.5, 0.6) is 0 Å². The van der Waals surface area contributed by atoms with E-state index < -0.39 is 0 Å². The Morgan fingerprint density at radius 2 is 2.24 bits per heavy atom. The number of rotatable bonds is 2. The number of piperidine rings is 1. The van der Waals surface area contributed by atoms with Crippen LogP contribution in [0.3, 0.4) is 0 Å². The van der Waals surface area contributed by atoms with Crippen molar-refractivity contribution < 1.29 is 0 Å². The van der Waals surface area contributed by atoms with Crippen molar-refractivity contribution in [1.29, 1.82) is 0 Å². The summed E-state index contributed by atoms with van der Waals surface area (Å²) in [6.07, 6.45) is 11.5. The molecule has 3 aromatic rings. The van der Waals surface area contributed by atoms with Gasteiger partial charge in [0.15, 0.2) is 5.82 Å². The lowest BCUT2D eigenvalue weighted by Gasteiger charge is -2.33. The lowest BCUT2D eigenvalue weighted by atomic mass is 9.97. The second-order valence-electron chi connectivity index (χ2n) is 5.52. The van der Waals surface area contributed by atoms with Crippen LogP contribution >= 0.6 is 0 Å². The number of imidazole rings is 1. The molecule has 4 rings (SSSR count). The number of aryl methyl sites for hydroxylation is 1. The fourth-order valence-electron chi connectivity index (χ4n) is 3.12. The van der Waals surface area contributed by atoms with Gasteiger partial charge in [-0.25, -0.2) is 9.97 Å². The van der Waals surface area contributed by atoms with Crippen molar-refractivity contribution in [2.24, 2.45) is 7.05 Å². The van der Waals surface area contributed by atoms with Gasteiger partial charge >= 0.3 is 0 Å². The van der Waals surface area contributed by atoms with Gasteiger partial charge in [0, 0.05) is 38.4 Å². The Kier molecular flexibility index (Phi) is 2.83. The van der Waals surface area contributed by atoms with E-state index in [9.17, 15) is 0 Å². The monoisotopic (exact) mass is 283 g/mol. The van der Waals surface area contributed by atoms with E-state index in [1.807, 2.05) is 40.9 Å². The summed E-state index contributed by atoms with van der Waals surface area (Å²) >= 11 is 0. The number of fused-ring (bicyclic) bond motifs is 1. The molecule has 7 nitrogen and oxygen atoms in total. The normalized spacial score (nSPS) is 19.3. The molecule has 0 N–H and O–H groups in total. The molecule has 1 saturated heterocycles. The lowest BCUT2D eigenvalue weighted by Crippen LogP contribution is -2.36. The van der Waals surface area contributed by atoms with Crippen LogP contribution in [0.1, 0.15) is 24.6 Å². The minimum absolute atomic E-state index is 0.399. The lowest BCUT2D eigenvalue weighted by molar-refractivity contribution is 0.478. The number of nitrogens with zero attached hydrogens (tertiary/aromatic N) is 7. The van der Waals surface area contributed by atoms with Crippen molar-refractivity contribution in [3.8, 4) is 0 Å². The van der Waals surface area contributed by atoms with E-state index in [-0.39, 0.29) is 0 Å². The molecular weight excluding hydrogens is 266 g/mol. The third-order valence-electron chi connectivity index (χ3n) is 4.15. The van der Waals surface area contributed by atoms with E-state index in [4.69, 9.17) is 0 Å². The van der Waals surface area contributed by atoms with E-state index in [2.05, 4.69) is 25.1 Å². The Balaban J connectivity index is 1.67. The number of hydrogen-bond donors (Lipinski definition) is 0. The largest absolute Gasteiger partial charge is 0.354 e. The molecule has 0 radical (unpaired) electrons. The Morgan fingerprint density at radius 3 is 3.10 bits per heavy atom. The first kappa shape index (κ1) is 12.3. The fourth-order valence-corrected chi connectivity index (χ4v) is 3.12. The zero-order valence-corrected chi connectivity index (χ0v) is 11.9. The summed E-state index contributed by atoms with van der Waals surface area (Å²) in [6.45, 7) is 1.94. The van der Waals surface area contributed by atoms with Gasteiger partial charge in [-0.2, -0.15) is 0 Å². The molecular formula is C14H17N7. The minimum Gasteiger partial charge on any atom is -0.354 e. The van der Waals surface area contributed by atoms with E-state index in [1.54, 1.807) is 6.33 Å².